The number of carbonyl (C=O) groups is 2. The molecule has 4 nitrogen and oxygen atoms in total. The van der Waals surface area contributed by atoms with Crippen molar-refractivity contribution >= 4 is 17.4 Å². The molecule has 130 valence electrons. The number of hydrogen-bond donors (Lipinski definition) is 0. The summed E-state index contributed by atoms with van der Waals surface area (Å²) in [4.78, 5) is 26.4. The van der Waals surface area contributed by atoms with Gasteiger partial charge < -0.3 is 9.64 Å². The van der Waals surface area contributed by atoms with Gasteiger partial charge in [0, 0.05) is 25.3 Å². The van der Waals surface area contributed by atoms with Gasteiger partial charge in [-0.1, -0.05) is 12.1 Å². The maximum Gasteiger partial charge on any atom is 0.338 e. The lowest BCUT2D eigenvalue weighted by molar-refractivity contribution is 0.0475. The first kappa shape index (κ1) is 17.2. The molecule has 0 atom stereocenters. The number of ketones is 1. The van der Waals surface area contributed by atoms with Crippen LogP contribution in [0.4, 0.5) is 5.69 Å². The zero-order valence-electron chi connectivity index (χ0n) is 14.7. The van der Waals surface area contributed by atoms with E-state index in [1.165, 1.54) is 24.0 Å². The van der Waals surface area contributed by atoms with Crippen LogP contribution >= 0.6 is 0 Å². The van der Waals surface area contributed by atoms with Crippen molar-refractivity contribution in [2.45, 2.75) is 25.7 Å². The second kappa shape index (κ2) is 7.51. The van der Waals surface area contributed by atoms with E-state index >= 15 is 0 Å². The number of carbonyl (C=O) groups excluding carboxylic acids is 2. The van der Waals surface area contributed by atoms with Crippen LogP contribution in [0, 0.1) is 0 Å². The molecule has 0 aliphatic heterocycles. The molecule has 0 saturated heterocycles. The molecule has 2 aromatic carbocycles. The minimum absolute atomic E-state index is 0.161. The Labute approximate surface area is 148 Å². The number of ether oxygens (including phenoxy) is 1. The molecule has 0 N–H and O–H groups in total. The van der Waals surface area contributed by atoms with Gasteiger partial charge in [-0.15, -0.1) is 0 Å². The van der Waals surface area contributed by atoms with Crippen LogP contribution in [-0.4, -0.2) is 32.5 Å². The summed E-state index contributed by atoms with van der Waals surface area (Å²) in [6.45, 7) is -0.229. The van der Waals surface area contributed by atoms with Crippen LogP contribution in [0.15, 0.2) is 42.5 Å². The Morgan fingerprint density at radius 1 is 0.920 bits per heavy atom. The molecule has 1 aliphatic rings. The normalized spacial score (nSPS) is 13.0. The lowest BCUT2D eigenvalue weighted by Gasteiger charge is -2.16. The third kappa shape index (κ3) is 4.08. The van der Waals surface area contributed by atoms with Crippen molar-refractivity contribution in [1.29, 1.82) is 0 Å². The molecule has 0 saturated carbocycles. The summed E-state index contributed by atoms with van der Waals surface area (Å²) in [5, 5.41) is 0. The van der Waals surface area contributed by atoms with Gasteiger partial charge in [0.25, 0.3) is 0 Å². The summed E-state index contributed by atoms with van der Waals surface area (Å²) in [5.41, 5.74) is 4.66. The maximum absolute atomic E-state index is 12.3. The van der Waals surface area contributed by atoms with E-state index in [0.717, 1.165) is 18.5 Å². The first-order valence-electron chi connectivity index (χ1n) is 8.64. The molecule has 0 heterocycles. The Morgan fingerprint density at radius 3 is 2.24 bits per heavy atom. The number of benzene rings is 2. The molecular formula is C21H23NO3. The Balaban J connectivity index is 1.61. The van der Waals surface area contributed by atoms with E-state index in [9.17, 15) is 9.59 Å². The fourth-order valence-electron chi connectivity index (χ4n) is 3.10. The van der Waals surface area contributed by atoms with E-state index in [1.54, 1.807) is 12.1 Å². The molecule has 0 fully saturated rings. The van der Waals surface area contributed by atoms with E-state index in [0.29, 0.717) is 11.1 Å². The van der Waals surface area contributed by atoms with Crippen LogP contribution in [-0.2, 0) is 17.6 Å². The minimum atomic E-state index is -0.475. The number of rotatable bonds is 5. The average Bonchev–Trinajstić information content (AvgIpc) is 2.65. The van der Waals surface area contributed by atoms with Gasteiger partial charge in [-0.3, -0.25) is 4.79 Å². The van der Waals surface area contributed by atoms with Gasteiger partial charge in [0.1, 0.15) is 0 Å². The highest BCUT2D eigenvalue weighted by molar-refractivity contribution is 5.99. The Bertz CT molecular complexity index is 778. The predicted molar refractivity (Wildman–Crippen MR) is 98.5 cm³/mol. The molecule has 0 spiro atoms. The van der Waals surface area contributed by atoms with Gasteiger partial charge in [0.05, 0.1) is 5.56 Å². The SMILES string of the molecule is CN(C)c1ccc(C(=O)OCC(=O)c2ccc3c(c2)CCCC3)cc1. The van der Waals surface area contributed by atoms with Crippen molar-refractivity contribution in [3.05, 3.63) is 64.7 Å². The largest absolute Gasteiger partial charge is 0.454 e. The third-order valence-corrected chi connectivity index (χ3v) is 4.62. The first-order valence-corrected chi connectivity index (χ1v) is 8.64. The molecule has 2 aromatic rings. The summed E-state index contributed by atoms with van der Waals surface area (Å²) in [5.74, 6) is -0.636. The zero-order valence-corrected chi connectivity index (χ0v) is 14.7. The number of anilines is 1. The van der Waals surface area contributed by atoms with Gasteiger partial charge in [-0.2, -0.15) is 0 Å². The molecular weight excluding hydrogens is 314 g/mol. The quantitative estimate of drug-likeness (QED) is 0.617. The summed E-state index contributed by atoms with van der Waals surface area (Å²) in [6, 6.07) is 12.9. The Morgan fingerprint density at radius 2 is 1.56 bits per heavy atom. The minimum Gasteiger partial charge on any atom is -0.454 e. The molecule has 1 aliphatic carbocycles. The Kier molecular flexibility index (Phi) is 5.17. The third-order valence-electron chi connectivity index (χ3n) is 4.62. The van der Waals surface area contributed by atoms with Crippen molar-refractivity contribution < 1.29 is 14.3 Å². The summed E-state index contributed by atoms with van der Waals surface area (Å²) in [7, 11) is 3.87. The summed E-state index contributed by atoms with van der Waals surface area (Å²) >= 11 is 0. The average molecular weight is 337 g/mol. The van der Waals surface area contributed by atoms with Crippen LogP contribution in [0.25, 0.3) is 0 Å². The summed E-state index contributed by atoms with van der Waals surface area (Å²) < 4.78 is 5.19. The van der Waals surface area contributed by atoms with Crippen LogP contribution < -0.4 is 4.90 Å². The second-order valence-corrected chi connectivity index (χ2v) is 6.63. The van der Waals surface area contributed by atoms with Gasteiger partial charge in [-0.05, 0) is 67.1 Å². The lowest BCUT2D eigenvalue weighted by atomic mass is 9.90. The molecule has 0 unspecified atom stereocenters. The van der Waals surface area contributed by atoms with Gasteiger partial charge >= 0.3 is 5.97 Å². The van der Waals surface area contributed by atoms with E-state index in [2.05, 4.69) is 0 Å². The van der Waals surface area contributed by atoms with E-state index < -0.39 is 5.97 Å². The molecule has 3 rings (SSSR count). The predicted octanol–water partition coefficient (Wildman–Crippen LogP) is 3.67. The topological polar surface area (TPSA) is 46.6 Å². The summed E-state index contributed by atoms with van der Waals surface area (Å²) in [6.07, 6.45) is 4.49. The van der Waals surface area contributed by atoms with Crippen molar-refractivity contribution in [2.24, 2.45) is 0 Å². The van der Waals surface area contributed by atoms with Gasteiger partial charge in [0.15, 0.2) is 12.4 Å². The molecule has 25 heavy (non-hydrogen) atoms. The van der Waals surface area contributed by atoms with E-state index in [-0.39, 0.29) is 12.4 Å². The molecule has 4 heteroatoms. The van der Waals surface area contributed by atoms with Crippen molar-refractivity contribution in [3.8, 4) is 0 Å². The molecule has 0 amide bonds. The smallest absolute Gasteiger partial charge is 0.338 e. The maximum atomic E-state index is 12.3. The van der Waals surface area contributed by atoms with Gasteiger partial charge in [0.2, 0.25) is 0 Å². The van der Waals surface area contributed by atoms with E-state index in [1.807, 2.05) is 49.3 Å². The number of esters is 1. The van der Waals surface area contributed by atoms with Crippen LogP contribution in [0.2, 0.25) is 0 Å². The van der Waals surface area contributed by atoms with Crippen LogP contribution in [0.5, 0.6) is 0 Å². The fourth-order valence-corrected chi connectivity index (χ4v) is 3.10. The Hall–Kier alpha value is -2.62. The fraction of sp³-hybridized carbons (Fsp3) is 0.333. The number of hydrogen-bond acceptors (Lipinski definition) is 4. The van der Waals surface area contributed by atoms with Crippen LogP contribution in [0.1, 0.15) is 44.7 Å². The first-order chi connectivity index (χ1) is 12.0. The molecule has 0 radical (unpaired) electrons. The van der Waals surface area contributed by atoms with Crippen LogP contribution in [0.3, 0.4) is 0 Å². The van der Waals surface area contributed by atoms with Crippen molar-refractivity contribution in [3.63, 3.8) is 0 Å². The zero-order chi connectivity index (χ0) is 17.8. The monoisotopic (exact) mass is 337 g/mol. The van der Waals surface area contributed by atoms with Gasteiger partial charge in [-0.25, -0.2) is 4.79 Å². The standard InChI is InChI=1S/C21H23NO3/c1-22(2)19-11-9-16(10-12-19)21(24)25-14-20(23)18-8-7-15-5-3-4-6-17(15)13-18/h7-13H,3-6,14H2,1-2H3. The number of fused-ring (bicyclic) bond motifs is 1. The van der Waals surface area contributed by atoms with E-state index in [4.69, 9.17) is 4.74 Å². The highest BCUT2D eigenvalue weighted by Gasteiger charge is 2.15. The number of nitrogens with zero attached hydrogens (tertiary/aromatic N) is 1. The second-order valence-electron chi connectivity index (χ2n) is 6.63. The van der Waals surface area contributed by atoms with Crippen molar-refractivity contribution in [2.75, 3.05) is 25.6 Å². The number of aryl methyl sites for hydroxylation is 2. The van der Waals surface area contributed by atoms with Crippen molar-refractivity contribution in [1.82, 2.24) is 0 Å². The molecule has 0 aromatic heterocycles. The highest BCUT2D eigenvalue weighted by atomic mass is 16.5. The highest BCUT2D eigenvalue weighted by Crippen LogP contribution is 2.22. The number of Topliss-reactive ketones (excluding diaryl/α,β-unsaturated/α-hetero) is 1. The lowest BCUT2D eigenvalue weighted by Crippen LogP contribution is -2.15. The molecule has 0 bridgehead atoms.